The minimum atomic E-state index is -0.455. The Morgan fingerprint density at radius 3 is 2.80 bits per heavy atom. The van der Waals surface area contributed by atoms with Gasteiger partial charge in [-0.25, -0.2) is 4.39 Å². The van der Waals surface area contributed by atoms with Gasteiger partial charge in [-0.05, 0) is 30.0 Å². The molecule has 1 aliphatic heterocycles. The highest BCUT2D eigenvalue weighted by Crippen LogP contribution is 2.12. The van der Waals surface area contributed by atoms with E-state index in [0.29, 0.717) is 13.0 Å². The highest BCUT2D eigenvalue weighted by molar-refractivity contribution is 5.94. The summed E-state index contributed by atoms with van der Waals surface area (Å²) >= 11 is 0. The normalized spacial score (nSPS) is 19.4. The third-order valence-electron chi connectivity index (χ3n) is 3.45. The van der Waals surface area contributed by atoms with Gasteiger partial charge in [0, 0.05) is 6.54 Å². The lowest BCUT2D eigenvalue weighted by Crippen LogP contribution is -2.60. The van der Waals surface area contributed by atoms with Crippen molar-refractivity contribution in [3.05, 3.63) is 35.6 Å². The van der Waals surface area contributed by atoms with Gasteiger partial charge in [0.2, 0.25) is 11.8 Å². The predicted molar refractivity (Wildman–Crippen MR) is 73.5 cm³/mol. The molecule has 1 heterocycles. The first-order valence-electron chi connectivity index (χ1n) is 6.80. The number of benzene rings is 1. The summed E-state index contributed by atoms with van der Waals surface area (Å²) < 4.78 is 13.1. The average Bonchev–Trinajstić information content (AvgIpc) is 2.39. The molecular weight excluding hydrogens is 259 g/mol. The molecule has 1 N–H and O–H groups in total. The van der Waals surface area contributed by atoms with Crippen LogP contribution < -0.4 is 5.32 Å². The Bertz CT molecular complexity index is 516. The summed E-state index contributed by atoms with van der Waals surface area (Å²) in [6, 6.07) is 5.85. The number of rotatable bonds is 4. The van der Waals surface area contributed by atoms with Gasteiger partial charge in [0.25, 0.3) is 0 Å². The summed E-state index contributed by atoms with van der Waals surface area (Å²) in [6.07, 6.45) is 0.543. The van der Waals surface area contributed by atoms with Gasteiger partial charge in [0.05, 0.1) is 6.54 Å². The monoisotopic (exact) mass is 278 g/mol. The summed E-state index contributed by atoms with van der Waals surface area (Å²) in [7, 11) is 0. The number of amides is 2. The average molecular weight is 278 g/mol. The van der Waals surface area contributed by atoms with Gasteiger partial charge >= 0.3 is 0 Å². The lowest BCUT2D eigenvalue weighted by atomic mass is 10.0. The Morgan fingerprint density at radius 2 is 2.15 bits per heavy atom. The van der Waals surface area contributed by atoms with Crippen LogP contribution in [-0.2, 0) is 16.0 Å². The van der Waals surface area contributed by atoms with Gasteiger partial charge in [-0.1, -0.05) is 26.0 Å². The van der Waals surface area contributed by atoms with Crippen molar-refractivity contribution in [2.75, 3.05) is 13.1 Å². The first-order valence-corrected chi connectivity index (χ1v) is 6.80. The van der Waals surface area contributed by atoms with Crippen molar-refractivity contribution >= 4 is 11.8 Å². The van der Waals surface area contributed by atoms with Crippen LogP contribution in [0.15, 0.2) is 24.3 Å². The molecule has 4 nitrogen and oxygen atoms in total. The van der Waals surface area contributed by atoms with Crippen LogP contribution in [0.3, 0.4) is 0 Å². The van der Waals surface area contributed by atoms with E-state index in [-0.39, 0.29) is 30.1 Å². The minimum absolute atomic E-state index is 0.0587. The quantitative estimate of drug-likeness (QED) is 0.904. The number of carbonyl (C=O) groups is 2. The molecule has 1 atom stereocenters. The summed E-state index contributed by atoms with van der Waals surface area (Å²) in [5, 5.41) is 2.71. The van der Waals surface area contributed by atoms with Gasteiger partial charge in [-0.15, -0.1) is 0 Å². The molecule has 0 bridgehead atoms. The maximum atomic E-state index is 13.1. The molecule has 0 aromatic heterocycles. The molecular formula is C15H19FN2O2. The fourth-order valence-corrected chi connectivity index (χ4v) is 2.33. The van der Waals surface area contributed by atoms with Crippen molar-refractivity contribution in [2.24, 2.45) is 5.92 Å². The van der Waals surface area contributed by atoms with E-state index < -0.39 is 6.04 Å². The van der Waals surface area contributed by atoms with E-state index in [4.69, 9.17) is 0 Å². The molecule has 1 aromatic carbocycles. The molecule has 2 rings (SSSR count). The fourth-order valence-electron chi connectivity index (χ4n) is 2.33. The smallest absolute Gasteiger partial charge is 0.245 e. The number of hydrogen-bond donors (Lipinski definition) is 1. The number of halogens is 1. The first-order chi connectivity index (χ1) is 9.47. The second kappa shape index (κ2) is 6.03. The molecule has 1 saturated heterocycles. The maximum absolute atomic E-state index is 13.1. The Morgan fingerprint density at radius 1 is 1.40 bits per heavy atom. The van der Waals surface area contributed by atoms with E-state index in [1.54, 1.807) is 11.0 Å². The Kier molecular flexibility index (Phi) is 4.37. The molecule has 5 heteroatoms. The highest BCUT2D eigenvalue weighted by atomic mass is 19.1. The molecule has 1 aliphatic rings. The fraction of sp³-hybridized carbons (Fsp3) is 0.467. The van der Waals surface area contributed by atoms with Crippen LogP contribution >= 0.6 is 0 Å². The molecule has 0 radical (unpaired) electrons. The Hall–Kier alpha value is -1.91. The van der Waals surface area contributed by atoms with E-state index in [1.165, 1.54) is 12.1 Å². The lowest BCUT2D eigenvalue weighted by molar-refractivity contribution is -0.145. The third-order valence-corrected chi connectivity index (χ3v) is 3.45. The summed E-state index contributed by atoms with van der Waals surface area (Å²) in [6.45, 7) is 4.31. The van der Waals surface area contributed by atoms with Gasteiger partial charge in [-0.2, -0.15) is 0 Å². The summed E-state index contributed by atoms with van der Waals surface area (Å²) in [5.74, 6) is -0.424. The van der Waals surface area contributed by atoms with Crippen LogP contribution in [-0.4, -0.2) is 35.8 Å². The second-order valence-corrected chi connectivity index (χ2v) is 5.43. The molecule has 1 fully saturated rings. The zero-order chi connectivity index (χ0) is 14.7. The predicted octanol–water partition coefficient (Wildman–Crippen LogP) is 1.35. The molecule has 0 saturated carbocycles. The van der Waals surface area contributed by atoms with Crippen LogP contribution in [0.4, 0.5) is 4.39 Å². The van der Waals surface area contributed by atoms with E-state index in [9.17, 15) is 14.0 Å². The van der Waals surface area contributed by atoms with Crippen molar-refractivity contribution in [1.82, 2.24) is 10.2 Å². The van der Waals surface area contributed by atoms with Crippen molar-refractivity contribution < 1.29 is 14.0 Å². The number of piperazine rings is 1. The SMILES string of the molecule is CC(C)C1NC(=O)CN(CCc2cccc(F)c2)C1=O. The van der Waals surface area contributed by atoms with E-state index >= 15 is 0 Å². The van der Waals surface area contributed by atoms with Crippen molar-refractivity contribution in [3.8, 4) is 0 Å². The van der Waals surface area contributed by atoms with Crippen LogP contribution in [0.2, 0.25) is 0 Å². The zero-order valence-electron chi connectivity index (χ0n) is 11.7. The maximum Gasteiger partial charge on any atom is 0.245 e. The molecule has 0 spiro atoms. The van der Waals surface area contributed by atoms with Crippen LogP contribution in [0.5, 0.6) is 0 Å². The standard InChI is InChI=1S/C15H19FN2O2/c1-10(2)14-15(20)18(9-13(19)17-14)7-6-11-4-3-5-12(16)8-11/h3-5,8,10,14H,6-7,9H2,1-2H3,(H,17,19). The number of carbonyl (C=O) groups excluding carboxylic acids is 2. The molecule has 1 unspecified atom stereocenters. The number of hydrogen-bond acceptors (Lipinski definition) is 2. The van der Waals surface area contributed by atoms with Gasteiger partial charge in [0.1, 0.15) is 11.9 Å². The highest BCUT2D eigenvalue weighted by Gasteiger charge is 2.33. The molecule has 1 aromatic rings. The Balaban J connectivity index is 2.01. The van der Waals surface area contributed by atoms with Crippen LogP contribution in [0.25, 0.3) is 0 Å². The summed E-state index contributed by atoms with van der Waals surface area (Å²) in [5.41, 5.74) is 0.824. The number of nitrogens with one attached hydrogen (secondary N) is 1. The summed E-state index contributed by atoms with van der Waals surface area (Å²) in [4.78, 5) is 25.4. The largest absolute Gasteiger partial charge is 0.343 e. The van der Waals surface area contributed by atoms with Crippen molar-refractivity contribution in [3.63, 3.8) is 0 Å². The lowest BCUT2D eigenvalue weighted by Gasteiger charge is -2.34. The molecule has 0 aliphatic carbocycles. The Labute approximate surface area is 118 Å². The molecule has 108 valence electrons. The van der Waals surface area contributed by atoms with Crippen LogP contribution in [0, 0.1) is 11.7 Å². The third kappa shape index (κ3) is 3.35. The zero-order valence-corrected chi connectivity index (χ0v) is 11.7. The van der Waals surface area contributed by atoms with E-state index in [0.717, 1.165) is 5.56 Å². The second-order valence-electron chi connectivity index (χ2n) is 5.43. The number of nitrogens with zero attached hydrogens (tertiary/aromatic N) is 1. The van der Waals surface area contributed by atoms with Gasteiger partial charge < -0.3 is 10.2 Å². The first kappa shape index (κ1) is 14.5. The van der Waals surface area contributed by atoms with Crippen molar-refractivity contribution in [1.29, 1.82) is 0 Å². The van der Waals surface area contributed by atoms with Crippen molar-refractivity contribution in [2.45, 2.75) is 26.3 Å². The molecule has 20 heavy (non-hydrogen) atoms. The van der Waals surface area contributed by atoms with Gasteiger partial charge in [-0.3, -0.25) is 9.59 Å². The van der Waals surface area contributed by atoms with E-state index in [1.807, 2.05) is 19.9 Å². The topological polar surface area (TPSA) is 49.4 Å². The molecule has 2 amide bonds. The minimum Gasteiger partial charge on any atom is -0.343 e. The van der Waals surface area contributed by atoms with Crippen LogP contribution in [0.1, 0.15) is 19.4 Å². The van der Waals surface area contributed by atoms with Gasteiger partial charge in [0.15, 0.2) is 0 Å². The van der Waals surface area contributed by atoms with E-state index in [2.05, 4.69) is 5.32 Å².